The number of rotatable bonds is 8. The van der Waals surface area contributed by atoms with Crippen molar-refractivity contribution >= 4 is 5.91 Å². The number of aliphatic hydroxyl groups excluding tert-OH is 1. The first-order chi connectivity index (χ1) is 10.6. The van der Waals surface area contributed by atoms with Gasteiger partial charge in [0.2, 0.25) is 5.91 Å². The Labute approximate surface area is 131 Å². The Morgan fingerprint density at radius 1 is 1.59 bits per heavy atom. The molecule has 1 aromatic rings. The van der Waals surface area contributed by atoms with Crippen molar-refractivity contribution in [2.24, 2.45) is 0 Å². The molecule has 1 fully saturated rings. The van der Waals surface area contributed by atoms with Gasteiger partial charge in [0.15, 0.2) is 0 Å². The monoisotopic (exact) mass is 310 g/mol. The van der Waals surface area contributed by atoms with E-state index in [9.17, 15) is 9.90 Å². The van der Waals surface area contributed by atoms with Crippen molar-refractivity contribution in [2.75, 3.05) is 19.7 Å². The fraction of sp³-hybridized carbons (Fsp3) is 0.688. The van der Waals surface area contributed by atoms with E-state index < -0.39 is 6.10 Å². The normalized spacial score (nSPS) is 20.5. The first-order valence-corrected chi connectivity index (χ1v) is 7.90. The van der Waals surface area contributed by atoms with Gasteiger partial charge in [-0.15, -0.1) is 0 Å². The van der Waals surface area contributed by atoms with Crippen LogP contribution in [0.4, 0.5) is 0 Å². The summed E-state index contributed by atoms with van der Waals surface area (Å²) in [7, 11) is 0. The zero-order valence-corrected chi connectivity index (χ0v) is 13.3. The van der Waals surface area contributed by atoms with Crippen molar-refractivity contribution < 1.29 is 19.1 Å². The number of β-amino-alcohol motifs (C(OH)–C–C–N with tert-alkyl or cyclic N) is 1. The van der Waals surface area contributed by atoms with Gasteiger partial charge in [-0.25, -0.2) is 0 Å². The summed E-state index contributed by atoms with van der Waals surface area (Å²) < 4.78 is 10.6. The first kappa shape index (κ1) is 17.0. The van der Waals surface area contributed by atoms with E-state index in [1.54, 1.807) is 12.3 Å². The third kappa shape index (κ3) is 5.12. The van der Waals surface area contributed by atoms with Gasteiger partial charge in [-0.2, -0.15) is 0 Å². The van der Waals surface area contributed by atoms with Crippen LogP contribution in [0.25, 0.3) is 0 Å². The van der Waals surface area contributed by atoms with E-state index in [4.69, 9.17) is 9.15 Å². The van der Waals surface area contributed by atoms with Crippen molar-refractivity contribution in [3.63, 3.8) is 0 Å². The highest BCUT2D eigenvalue weighted by molar-refractivity contribution is 5.81. The van der Waals surface area contributed by atoms with Gasteiger partial charge in [0.1, 0.15) is 5.76 Å². The lowest BCUT2D eigenvalue weighted by molar-refractivity contribution is -0.126. The molecule has 2 unspecified atom stereocenters. The molecule has 1 aromatic heterocycles. The number of carbonyl (C=O) groups is 1. The fourth-order valence-electron chi connectivity index (χ4n) is 2.67. The van der Waals surface area contributed by atoms with E-state index in [2.05, 4.69) is 5.32 Å². The Bertz CT molecular complexity index is 447. The number of ether oxygens (including phenoxy) is 1. The summed E-state index contributed by atoms with van der Waals surface area (Å²) in [5, 5.41) is 12.9. The molecule has 2 rings (SSSR count). The van der Waals surface area contributed by atoms with Gasteiger partial charge in [0.25, 0.3) is 0 Å². The Hall–Kier alpha value is -1.37. The molecule has 0 radical (unpaired) electrons. The summed E-state index contributed by atoms with van der Waals surface area (Å²) in [5.41, 5.74) is 0. The average Bonchev–Trinajstić information content (AvgIpc) is 3.14. The Balaban J connectivity index is 1.77. The molecule has 2 atom stereocenters. The quantitative estimate of drug-likeness (QED) is 0.753. The molecule has 0 bridgehead atoms. The Morgan fingerprint density at radius 2 is 2.41 bits per heavy atom. The molecule has 0 saturated carbocycles. The van der Waals surface area contributed by atoms with Gasteiger partial charge in [0.05, 0.1) is 37.7 Å². The molecular formula is C16H26N2O4. The highest BCUT2D eigenvalue weighted by Crippen LogP contribution is 2.18. The summed E-state index contributed by atoms with van der Waals surface area (Å²) in [6.07, 6.45) is 2.91. The Kier molecular flexibility index (Phi) is 6.42. The van der Waals surface area contributed by atoms with Gasteiger partial charge in [-0.05, 0) is 45.4 Å². The largest absolute Gasteiger partial charge is 0.467 e. The number of nitrogens with one attached hydrogen (secondary N) is 1. The molecule has 1 aliphatic heterocycles. The van der Waals surface area contributed by atoms with Crippen LogP contribution in [0, 0.1) is 0 Å². The smallest absolute Gasteiger partial charge is 0.237 e. The summed E-state index contributed by atoms with van der Waals surface area (Å²) >= 11 is 0. The standard InChI is InChI=1S/C16H26N2O4/c1-12(2)22-11-13(19)10-18-7-3-6-15(18)16(20)17-9-14-5-4-8-21-14/h4-5,8,12-13,15,19H,3,6-7,9-11H2,1-2H3,(H,17,20). The Morgan fingerprint density at radius 3 is 3.09 bits per heavy atom. The van der Waals surface area contributed by atoms with Gasteiger partial charge in [-0.1, -0.05) is 0 Å². The van der Waals surface area contributed by atoms with Crippen LogP contribution in [0.3, 0.4) is 0 Å². The van der Waals surface area contributed by atoms with Crippen molar-refractivity contribution in [1.82, 2.24) is 10.2 Å². The number of nitrogens with zero attached hydrogens (tertiary/aromatic N) is 1. The molecule has 2 heterocycles. The number of amides is 1. The first-order valence-electron chi connectivity index (χ1n) is 7.90. The third-order valence-corrected chi connectivity index (χ3v) is 3.75. The number of likely N-dealkylation sites (tertiary alicyclic amines) is 1. The van der Waals surface area contributed by atoms with E-state index >= 15 is 0 Å². The molecule has 0 aromatic carbocycles. The number of carbonyl (C=O) groups excluding carboxylic acids is 1. The van der Waals surface area contributed by atoms with Crippen molar-refractivity contribution in [2.45, 2.75) is 51.5 Å². The van der Waals surface area contributed by atoms with E-state index in [1.165, 1.54) is 0 Å². The van der Waals surface area contributed by atoms with Crippen molar-refractivity contribution in [3.8, 4) is 0 Å². The highest BCUT2D eigenvalue weighted by atomic mass is 16.5. The maximum absolute atomic E-state index is 12.3. The molecule has 2 N–H and O–H groups in total. The van der Waals surface area contributed by atoms with E-state index in [-0.39, 0.29) is 18.1 Å². The second-order valence-corrected chi connectivity index (χ2v) is 5.99. The molecular weight excluding hydrogens is 284 g/mol. The zero-order valence-electron chi connectivity index (χ0n) is 13.3. The lowest BCUT2D eigenvalue weighted by Crippen LogP contribution is -2.46. The maximum Gasteiger partial charge on any atom is 0.237 e. The van der Waals surface area contributed by atoms with Crippen LogP contribution in [-0.4, -0.2) is 53.9 Å². The lowest BCUT2D eigenvalue weighted by Gasteiger charge is -2.26. The second-order valence-electron chi connectivity index (χ2n) is 5.99. The average molecular weight is 310 g/mol. The van der Waals surface area contributed by atoms with E-state index in [0.29, 0.717) is 19.7 Å². The van der Waals surface area contributed by atoms with Gasteiger partial charge in [0, 0.05) is 6.54 Å². The van der Waals surface area contributed by atoms with E-state index in [1.807, 2.05) is 24.8 Å². The molecule has 124 valence electrons. The molecule has 1 aliphatic rings. The fourth-order valence-corrected chi connectivity index (χ4v) is 2.67. The van der Waals surface area contributed by atoms with Gasteiger partial charge in [-0.3, -0.25) is 9.69 Å². The summed E-state index contributed by atoms with van der Waals surface area (Å²) in [6, 6.07) is 3.46. The zero-order chi connectivity index (χ0) is 15.9. The third-order valence-electron chi connectivity index (χ3n) is 3.75. The number of hydrogen-bond donors (Lipinski definition) is 2. The summed E-state index contributed by atoms with van der Waals surface area (Å²) in [4.78, 5) is 14.3. The minimum absolute atomic E-state index is 0.00845. The van der Waals surface area contributed by atoms with Crippen LogP contribution < -0.4 is 5.32 Å². The van der Waals surface area contributed by atoms with Crippen LogP contribution in [-0.2, 0) is 16.1 Å². The molecule has 0 spiro atoms. The number of hydrogen-bond acceptors (Lipinski definition) is 5. The van der Waals surface area contributed by atoms with Crippen LogP contribution in [0.1, 0.15) is 32.4 Å². The summed E-state index contributed by atoms with van der Waals surface area (Å²) in [5.74, 6) is 0.731. The second kappa shape index (κ2) is 8.31. The predicted molar refractivity (Wildman–Crippen MR) is 82.2 cm³/mol. The van der Waals surface area contributed by atoms with E-state index in [0.717, 1.165) is 25.1 Å². The lowest BCUT2D eigenvalue weighted by atomic mass is 10.2. The van der Waals surface area contributed by atoms with Gasteiger partial charge < -0.3 is 19.6 Å². The van der Waals surface area contributed by atoms with Crippen molar-refractivity contribution in [3.05, 3.63) is 24.2 Å². The van der Waals surface area contributed by atoms with Crippen LogP contribution in [0.2, 0.25) is 0 Å². The van der Waals surface area contributed by atoms with Crippen LogP contribution in [0.5, 0.6) is 0 Å². The SMILES string of the molecule is CC(C)OCC(O)CN1CCCC1C(=O)NCc1ccco1. The molecule has 6 nitrogen and oxygen atoms in total. The number of aliphatic hydroxyl groups is 1. The minimum Gasteiger partial charge on any atom is -0.467 e. The topological polar surface area (TPSA) is 74.9 Å². The molecule has 6 heteroatoms. The van der Waals surface area contributed by atoms with Gasteiger partial charge >= 0.3 is 0 Å². The predicted octanol–water partition coefficient (Wildman–Crippen LogP) is 1.15. The molecule has 1 amide bonds. The number of furan rings is 1. The summed E-state index contributed by atoms with van der Waals surface area (Å²) in [6.45, 7) is 5.87. The van der Waals surface area contributed by atoms with Crippen LogP contribution in [0.15, 0.2) is 22.8 Å². The van der Waals surface area contributed by atoms with Crippen molar-refractivity contribution in [1.29, 1.82) is 0 Å². The molecule has 22 heavy (non-hydrogen) atoms. The maximum atomic E-state index is 12.3. The molecule has 0 aliphatic carbocycles. The van der Waals surface area contributed by atoms with Crippen LogP contribution >= 0.6 is 0 Å². The molecule has 1 saturated heterocycles. The highest BCUT2D eigenvalue weighted by Gasteiger charge is 2.31. The minimum atomic E-state index is -0.569.